The SMILES string of the molecule is CS(=O)(=O)N1C2CCC1CN(c1cc(Cl)cc3cn[nH]c13)C2. The van der Waals surface area contributed by atoms with Crippen LogP contribution in [-0.2, 0) is 10.0 Å². The zero-order chi connectivity index (χ0) is 15.5. The molecule has 2 aliphatic rings. The predicted molar refractivity (Wildman–Crippen MR) is 86.8 cm³/mol. The summed E-state index contributed by atoms with van der Waals surface area (Å²) in [6, 6.07) is 3.90. The number of piperazine rings is 1. The van der Waals surface area contributed by atoms with Crippen LogP contribution in [0, 0.1) is 0 Å². The molecule has 2 aromatic rings. The molecule has 2 unspecified atom stereocenters. The molecule has 1 aromatic heterocycles. The maximum atomic E-state index is 12.0. The van der Waals surface area contributed by atoms with Crippen molar-refractivity contribution in [2.24, 2.45) is 0 Å². The molecule has 0 amide bonds. The minimum absolute atomic E-state index is 0.0469. The van der Waals surface area contributed by atoms with Gasteiger partial charge in [-0.15, -0.1) is 0 Å². The van der Waals surface area contributed by atoms with E-state index in [-0.39, 0.29) is 12.1 Å². The lowest BCUT2D eigenvalue weighted by Crippen LogP contribution is -2.55. The second-order valence-corrected chi connectivity index (χ2v) is 8.47. The molecule has 0 radical (unpaired) electrons. The lowest BCUT2D eigenvalue weighted by Gasteiger charge is -2.40. The summed E-state index contributed by atoms with van der Waals surface area (Å²) in [5.41, 5.74) is 1.96. The van der Waals surface area contributed by atoms with Gasteiger partial charge in [-0.1, -0.05) is 11.6 Å². The van der Waals surface area contributed by atoms with E-state index in [0.717, 1.165) is 29.4 Å². The topological polar surface area (TPSA) is 69.3 Å². The average molecular weight is 341 g/mol. The van der Waals surface area contributed by atoms with Crippen molar-refractivity contribution in [2.75, 3.05) is 24.2 Å². The number of fused-ring (bicyclic) bond motifs is 3. The summed E-state index contributed by atoms with van der Waals surface area (Å²) >= 11 is 6.21. The number of halogens is 1. The van der Waals surface area contributed by atoms with Crippen LogP contribution in [0.15, 0.2) is 18.3 Å². The number of rotatable bonds is 2. The highest BCUT2D eigenvalue weighted by Gasteiger charge is 2.44. The van der Waals surface area contributed by atoms with Gasteiger partial charge in [0, 0.05) is 35.6 Å². The summed E-state index contributed by atoms with van der Waals surface area (Å²) < 4.78 is 25.7. The van der Waals surface area contributed by atoms with Crippen LogP contribution < -0.4 is 4.90 Å². The van der Waals surface area contributed by atoms with Gasteiger partial charge in [0.1, 0.15) is 0 Å². The number of sulfonamides is 1. The Morgan fingerprint density at radius 3 is 2.59 bits per heavy atom. The van der Waals surface area contributed by atoms with E-state index in [1.165, 1.54) is 6.26 Å². The fourth-order valence-corrected chi connectivity index (χ4v) is 5.50. The molecule has 6 nitrogen and oxygen atoms in total. The minimum atomic E-state index is -3.15. The van der Waals surface area contributed by atoms with E-state index in [1.807, 2.05) is 12.1 Å². The Morgan fingerprint density at radius 2 is 1.95 bits per heavy atom. The molecule has 0 aliphatic carbocycles. The molecule has 1 N–H and O–H groups in total. The highest BCUT2D eigenvalue weighted by molar-refractivity contribution is 7.88. The number of H-pyrrole nitrogens is 1. The quantitative estimate of drug-likeness (QED) is 0.905. The smallest absolute Gasteiger partial charge is 0.211 e. The number of nitrogens with one attached hydrogen (secondary N) is 1. The lowest BCUT2D eigenvalue weighted by atomic mass is 10.1. The maximum absolute atomic E-state index is 12.0. The average Bonchev–Trinajstić information content (AvgIpc) is 3.00. The van der Waals surface area contributed by atoms with E-state index >= 15 is 0 Å². The zero-order valence-electron chi connectivity index (χ0n) is 12.2. The van der Waals surface area contributed by atoms with E-state index in [9.17, 15) is 8.42 Å². The van der Waals surface area contributed by atoms with Crippen LogP contribution >= 0.6 is 11.6 Å². The highest BCUT2D eigenvalue weighted by atomic mass is 35.5. The monoisotopic (exact) mass is 340 g/mol. The molecule has 8 heteroatoms. The Kier molecular flexibility index (Phi) is 3.15. The first kappa shape index (κ1) is 14.3. The van der Waals surface area contributed by atoms with Gasteiger partial charge < -0.3 is 4.90 Å². The molecule has 3 heterocycles. The van der Waals surface area contributed by atoms with Crippen LogP contribution in [0.2, 0.25) is 5.02 Å². The van der Waals surface area contributed by atoms with Gasteiger partial charge in [-0.2, -0.15) is 9.40 Å². The second-order valence-electron chi connectivity index (χ2n) is 6.14. The maximum Gasteiger partial charge on any atom is 0.211 e. The van der Waals surface area contributed by atoms with Gasteiger partial charge in [0.15, 0.2) is 0 Å². The summed E-state index contributed by atoms with van der Waals surface area (Å²) in [4.78, 5) is 2.23. The largest absolute Gasteiger partial charge is 0.367 e. The van der Waals surface area contributed by atoms with Gasteiger partial charge in [0.05, 0.1) is 23.7 Å². The fourth-order valence-electron chi connectivity index (χ4n) is 3.85. The van der Waals surface area contributed by atoms with E-state index < -0.39 is 10.0 Å². The van der Waals surface area contributed by atoms with Crippen LogP contribution in [-0.4, -0.2) is 54.3 Å². The van der Waals surface area contributed by atoms with Crippen LogP contribution in [0.4, 0.5) is 5.69 Å². The van der Waals surface area contributed by atoms with Crippen molar-refractivity contribution in [3.8, 4) is 0 Å². The number of aromatic nitrogens is 2. The van der Waals surface area contributed by atoms with Crippen molar-refractivity contribution in [1.82, 2.24) is 14.5 Å². The molecule has 2 aliphatic heterocycles. The molecular weight excluding hydrogens is 324 g/mol. The predicted octanol–water partition coefficient (Wildman–Crippen LogP) is 1.83. The molecule has 118 valence electrons. The van der Waals surface area contributed by atoms with E-state index in [2.05, 4.69) is 15.1 Å². The molecule has 22 heavy (non-hydrogen) atoms. The summed E-state index contributed by atoms with van der Waals surface area (Å²) in [7, 11) is -3.15. The molecule has 0 saturated carbocycles. The molecule has 2 fully saturated rings. The highest BCUT2D eigenvalue weighted by Crippen LogP contribution is 2.37. The van der Waals surface area contributed by atoms with Crippen LogP contribution in [0.5, 0.6) is 0 Å². The number of anilines is 1. The van der Waals surface area contributed by atoms with Crippen molar-refractivity contribution in [2.45, 2.75) is 24.9 Å². The molecule has 0 spiro atoms. The third kappa shape index (κ3) is 2.19. The van der Waals surface area contributed by atoms with E-state index in [4.69, 9.17) is 11.6 Å². The number of benzene rings is 1. The Labute approximate surface area is 134 Å². The lowest BCUT2D eigenvalue weighted by molar-refractivity contribution is 0.288. The molecular formula is C14H17ClN4O2S. The Bertz CT molecular complexity index is 820. The van der Waals surface area contributed by atoms with E-state index in [1.54, 1.807) is 10.5 Å². The van der Waals surface area contributed by atoms with Gasteiger partial charge in [-0.3, -0.25) is 5.10 Å². The summed E-state index contributed by atoms with van der Waals surface area (Å²) in [5, 5.41) is 8.75. The Balaban J connectivity index is 1.72. The van der Waals surface area contributed by atoms with Crippen molar-refractivity contribution in [3.63, 3.8) is 0 Å². The summed E-state index contributed by atoms with van der Waals surface area (Å²) in [6.45, 7) is 1.38. The second kappa shape index (κ2) is 4.84. The van der Waals surface area contributed by atoms with Gasteiger partial charge >= 0.3 is 0 Å². The fraction of sp³-hybridized carbons (Fsp3) is 0.500. The van der Waals surface area contributed by atoms with Crippen molar-refractivity contribution >= 4 is 38.2 Å². The van der Waals surface area contributed by atoms with Crippen molar-refractivity contribution < 1.29 is 8.42 Å². The van der Waals surface area contributed by atoms with Gasteiger partial charge in [-0.05, 0) is 25.0 Å². The molecule has 2 atom stereocenters. The van der Waals surface area contributed by atoms with E-state index in [0.29, 0.717) is 18.1 Å². The number of aromatic amines is 1. The first-order valence-corrected chi connectivity index (χ1v) is 9.52. The third-order valence-corrected chi connectivity index (χ3v) is 6.21. The Hall–Kier alpha value is -1.31. The summed E-state index contributed by atoms with van der Waals surface area (Å²) in [5.74, 6) is 0. The minimum Gasteiger partial charge on any atom is -0.367 e. The summed E-state index contributed by atoms with van der Waals surface area (Å²) in [6.07, 6.45) is 4.90. The van der Waals surface area contributed by atoms with Crippen molar-refractivity contribution in [1.29, 1.82) is 0 Å². The van der Waals surface area contributed by atoms with Gasteiger partial charge in [0.2, 0.25) is 10.0 Å². The molecule has 4 rings (SSSR count). The normalized spacial score (nSPS) is 26.0. The Morgan fingerprint density at radius 1 is 1.27 bits per heavy atom. The first-order chi connectivity index (χ1) is 10.4. The van der Waals surface area contributed by atoms with Crippen LogP contribution in [0.1, 0.15) is 12.8 Å². The molecule has 1 aromatic carbocycles. The number of hydrogen-bond donors (Lipinski definition) is 1. The van der Waals surface area contributed by atoms with Gasteiger partial charge in [-0.25, -0.2) is 8.42 Å². The van der Waals surface area contributed by atoms with Gasteiger partial charge in [0.25, 0.3) is 0 Å². The molecule has 2 saturated heterocycles. The zero-order valence-corrected chi connectivity index (χ0v) is 13.7. The van der Waals surface area contributed by atoms with Crippen LogP contribution in [0.3, 0.4) is 0 Å². The van der Waals surface area contributed by atoms with Crippen LogP contribution in [0.25, 0.3) is 10.9 Å². The number of hydrogen-bond acceptors (Lipinski definition) is 4. The third-order valence-electron chi connectivity index (χ3n) is 4.63. The molecule has 2 bridgehead atoms. The number of nitrogens with zero attached hydrogens (tertiary/aromatic N) is 3. The standard InChI is InChI=1S/C14H17ClN4O2S/c1-22(20,21)19-11-2-3-12(19)8-18(7-11)13-5-10(15)4-9-6-16-17-14(9)13/h4-6,11-12H,2-3,7-8H2,1H3,(H,16,17). The van der Waals surface area contributed by atoms with Crippen molar-refractivity contribution in [3.05, 3.63) is 23.4 Å². The first-order valence-electron chi connectivity index (χ1n) is 7.29.